The van der Waals surface area contributed by atoms with Gasteiger partial charge in [-0.15, -0.1) is 0 Å². The zero-order chi connectivity index (χ0) is 14.6. The van der Waals surface area contributed by atoms with Gasteiger partial charge in [-0.05, 0) is 22.8 Å². The van der Waals surface area contributed by atoms with Gasteiger partial charge in [-0.25, -0.2) is 0 Å². The first-order chi connectivity index (χ1) is 9.57. The number of nitrogens with two attached hydrogens (primary N) is 1. The Morgan fingerprint density at radius 3 is 2.60 bits per heavy atom. The van der Waals surface area contributed by atoms with E-state index in [0.717, 1.165) is 29.2 Å². The average Bonchev–Trinajstić information content (AvgIpc) is 2.45. The van der Waals surface area contributed by atoms with Crippen molar-refractivity contribution >= 4 is 16.7 Å². The molecule has 0 saturated carbocycles. The predicted molar refractivity (Wildman–Crippen MR) is 81.7 cm³/mol. The lowest BCUT2D eigenvalue weighted by molar-refractivity contribution is -0.143. The number of unbranched alkanes of at least 4 members (excludes halogenated alkanes) is 1. The second-order valence-electron chi connectivity index (χ2n) is 5.38. The zero-order valence-electron chi connectivity index (χ0n) is 11.8. The number of hydrogen-bond acceptors (Lipinski definition) is 2. The number of carboxylic acids is 1. The van der Waals surface area contributed by atoms with Gasteiger partial charge in [0.2, 0.25) is 0 Å². The molecule has 0 saturated heterocycles. The van der Waals surface area contributed by atoms with Crippen LogP contribution < -0.4 is 5.73 Å². The summed E-state index contributed by atoms with van der Waals surface area (Å²) in [6.07, 6.45) is 2.64. The van der Waals surface area contributed by atoms with Crippen LogP contribution in [0.5, 0.6) is 0 Å². The van der Waals surface area contributed by atoms with E-state index in [1.54, 1.807) is 0 Å². The lowest BCUT2D eigenvalue weighted by Gasteiger charge is -2.25. The maximum Gasteiger partial charge on any atom is 0.324 e. The summed E-state index contributed by atoms with van der Waals surface area (Å²) in [5.74, 6) is -0.918. The summed E-state index contributed by atoms with van der Waals surface area (Å²) in [6, 6.07) is 14.0. The van der Waals surface area contributed by atoms with Crippen LogP contribution >= 0.6 is 0 Å². The molecule has 1 atom stereocenters. The predicted octanol–water partition coefficient (Wildman–Crippen LogP) is 3.35. The molecule has 0 aliphatic carbocycles. The minimum absolute atomic E-state index is 0.365. The summed E-state index contributed by atoms with van der Waals surface area (Å²) in [5, 5.41) is 11.7. The normalized spacial score (nSPS) is 14.1. The van der Waals surface area contributed by atoms with E-state index in [9.17, 15) is 9.90 Å². The largest absolute Gasteiger partial charge is 0.480 e. The van der Waals surface area contributed by atoms with E-state index in [1.165, 1.54) is 0 Å². The molecule has 2 aromatic carbocycles. The van der Waals surface area contributed by atoms with Crippen LogP contribution in [0.15, 0.2) is 42.5 Å². The van der Waals surface area contributed by atoms with Crippen molar-refractivity contribution in [3.8, 4) is 0 Å². The van der Waals surface area contributed by atoms with Crippen molar-refractivity contribution in [2.45, 2.75) is 38.1 Å². The van der Waals surface area contributed by atoms with Crippen LogP contribution in [0.4, 0.5) is 0 Å². The number of hydrogen-bond donors (Lipinski definition) is 2. The highest BCUT2D eigenvalue weighted by Gasteiger charge is 2.33. The highest BCUT2D eigenvalue weighted by molar-refractivity contribution is 5.87. The van der Waals surface area contributed by atoms with Crippen LogP contribution in [-0.4, -0.2) is 16.6 Å². The van der Waals surface area contributed by atoms with Crippen LogP contribution in [0.3, 0.4) is 0 Å². The third-order valence-corrected chi connectivity index (χ3v) is 3.79. The first-order valence-corrected chi connectivity index (χ1v) is 7.06. The fraction of sp³-hybridized carbons (Fsp3) is 0.353. The van der Waals surface area contributed by atoms with Crippen molar-refractivity contribution < 1.29 is 9.90 Å². The third kappa shape index (κ3) is 2.99. The fourth-order valence-electron chi connectivity index (χ4n) is 2.55. The Morgan fingerprint density at radius 2 is 1.90 bits per heavy atom. The highest BCUT2D eigenvalue weighted by atomic mass is 16.4. The van der Waals surface area contributed by atoms with Crippen LogP contribution in [0.1, 0.15) is 31.7 Å². The van der Waals surface area contributed by atoms with E-state index in [-0.39, 0.29) is 0 Å². The van der Waals surface area contributed by atoms with Crippen molar-refractivity contribution in [2.24, 2.45) is 5.73 Å². The van der Waals surface area contributed by atoms with Gasteiger partial charge in [0.15, 0.2) is 0 Å². The van der Waals surface area contributed by atoms with Gasteiger partial charge in [0.25, 0.3) is 0 Å². The van der Waals surface area contributed by atoms with Crippen molar-refractivity contribution in [3.05, 3.63) is 48.0 Å². The molecule has 0 amide bonds. The van der Waals surface area contributed by atoms with Crippen molar-refractivity contribution in [3.63, 3.8) is 0 Å². The van der Waals surface area contributed by atoms with E-state index in [0.29, 0.717) is 12.8 Å². The molecule has 106 valence electrons. The number of carbonyl (C=O) groups is 1. The molecule has 0 radical (unpaired) electrons. The summed E-state index contributed by atoms with van der Waals surface area (Å²) in [7, 11) is 0. The molecule has 0 aliphatic heterocycles. The van der Waals surface area contributed by atoms with E-state index >= 15 is 0 Å². The second kappa shape index (κ2) is 6.06. The number of aliphatic carboxylic acids is 1. The molecule has 0 bridgehead atoms. The molecule has 20 heavy (non-hydrogen) atoms. The Bertz CT molecular complexity index is 603. The van der Waals surface area contributed by atoms with Gasteiger partial charge in [-0.2, -0.15) is 0 Å². The lowest BCUT2D eigenvalue weighted by atomic mass is 9.85. The Labute approximate surface area is 119 Å². The Morgan fingerprint density at radius 1 is 1.20 bits per heavy atom. The van der Waals surface area contributed by atoms with Crippen LogP contribution in [0.2, 0.25) is 0 Å². The molecular weight excluding hydrogens is 250 g/mol. The van der Waals surface area contributed by atoms with Crippen molar-refractivity contribution in [1.29, 1.82) is 0 Å². The van der Waals surface area contributed by atoms with Gasteiger partial charge in [0.1, 0.15) is 5.54 Å². The standard InChI is InChI=1S/C17H21NO2/c1-2-3-11-17(18,16(19)20)12-14-9-6-8-13-7-4-5-10-15(13)14/h4-10H,2-3,11-12,18H2,1H3,(H,19,20)/t17-/m1/s1. The molecule has 2 rings (SSSR count). The molecule has 3 N–H and O–H groups in total. The van der Waals surface area contributed by atoms with E-state index in [1.807, 2.05) is 49.4 Å². The summed E-state index contributed by atoms with van der Waals surface area (Å²) < 4.78 is 0. The monoisotopic (exact) mass is 271 g/mol. The highest BCUT2D eigenvalue weighted by Crippen LogP contribution is 2.24. The van der Waals surface area contributed by atoms with Crippen LogP contribution in [-0.2, 0) is 11.2 Å². The molecule has 0 unspecified atom stereocenters. The molecule has 3 heteroatoms. The van der Waals surface area contributed by atoms with Gasteiger partial charge in [0, 0.05) is 6.42 Å². The van der Waals surface area contributed by atoms with E-state index in [4.69, 9.17) is 5.73 Å². The summed E-state index contributed by atoms with van der Waals surface area (Å²) in [6.45, 7) is 2.04. The quantitative estimate of drug-likeness (QED) is 0.846. The maximum atomic E-state index is 11.5. The summed E-state index contributed by atoms with van der Waals surface area (Å²) in [4.78, 5) is 11.5. The Balaban J connectivity index is 2.36. The minimum atomic E-state index is -1.18. The third-order valence-electron chi connectivity index (χ3n) is 3.79. The molecule has 0 spiro atoms. The average molecular weight is 271 g/mol. The first-order valence-electron chi connectivity index (χ1n) is 7.06. The Kier molecular flexibility index (Phi) is 4.40. The lowest BCUT2D eigenvalue weighted by Crippen LogP contribution is -2.49. The van der Waals surface area contributed by atoms with Crippen molar-refractivity contribution in [2.75, 3.05) is 0 Å². The van der Waals surface area contributed by atoms with Crippen LogP contribution in [0, 0.1) is 0 Å². The molecule has 0 heterocycles. The number of rotatable bonds is 6. The van der Waals surface area contributed by atoms with Gasteiger partial charge < -0.3 is 10.8 Å². The summed E-state index contributed by atoms with van der Waals surface area (Å²) >= 11 is 0. The summed E-state index contributed by atoms with van der Waals surface area (Å²) in [5.41, 5.74) is 5.97. The van der Waals surface area contributed by atoms with E-state index < -0.39 is 11.5 Å². The Hall–Kier alpha value is -1.87. The van der Waals surface area contributed by atoms with Gasteiger partial charge in [0.05, 0.1) is 0 Å². The minimum Gasteiger partial charge on any atom is -0.480 e. The number of benzene rings is 2. The number of fused-ring (bicyclic) bond motifs is 1. The van der Waals surface area contributed by atoms with Crippen molar-refractivity contribution in [1.82, 2.24) is 0 Å². The molecule has 3 nitrogen and oxygen atoms in total. The van der Waals surface area contributed by atoms with Gasteiger partial charge in [-0.1, -0.05) is 62.2 Å². The molecule has 0 aromatic heterocycles. The first kappa shape index (κ1) is 14.5. The maximum absolute atomic E-state index is 11.5. The van der Waals surface area contributed by atoms with E-state index in [2.05, 4.69) is 0 Å². The molecule has 0 fully saturated rings. The molecule has 2 aromatic rings. The van der Waals surface area contributed by atoms with Gasteiger partial charge in [-0.3, -0.25) is 4.79 Å². The number of carboxylic acid groups (broad SMARTS) is 1. The van der Waals surface area contributed by atoms with Gasteiger partial charge >= 0.3 is 5.97 Å². The SMILES string of the molecule is CCCC[C@@](N)(Cc1cccc2ccccc12)C(=O)O. The topological polar surface area (TPSA) is 63.3 Å². The molecular formula is C17H21NO2. The fourth-order valence-corrected chi connectivity index (χ4v) is 2.55. The smallest absolute Gasteiger partial charge is 0.324 e. The molecule has 0 aliphatic rings. The van der Waals surface area contributed by atoms with Crippen LogP contribution in [0.25, 0.3) is 10.8 Å². The second-order valence-corrected chi connectivity index (χ2v) is 5.38. The zero-order valence-corrected chi connectivity index (χ0v) is 11.8.